The van der Waals surface area contributed by atoms with E-state index in [4.69, 9.17) is 15.2 Å². The first-order chi connectivity index (χ1) is 9.77. The van der Waals surface area contributed by atoms with Gasteiger partial charge in [-0.15, -0.1) is 0 Å². The Hall–Kier alpha value is -1.26. The number of nitrogens with two attached hydrogens (primary N) is 1. The van der Waals surface area contributed by atoms with Crippen LogP contribution in [0.5, 0.6) is 0 Å². The normalized spacial score (nSPS) is 32.8. The van der Waals surface area contributed by atoms with Crippen LogP contribution in [0.4, 0.5) is 11.4 Å². The highest BCUT2D eigenvalue weighted by atomic mass is 16.6. The molecule has 1 spiro atoms. The highest BCUT2D eigenvalue weighted by molar-refractivity contribution is 5.68. The van der Waals surface area contributed by atoms with Crippen LogP contribution in [0.25, 0.3) is 0 Å². The van der Waals surface area contributed by atoms with E-state index in [2.05, 4.69) is 17.0 Å². The molecule has 2 N–H and O–H groups in total. The number of nitrogen functional groups attached to an aromatic ring is 1. The van der Waals surface area contributed by atoms with Gasteiger partial charge in [-0.05, 0) is 31.4 Å². The number of benzene rings is 1. The van der Waals surface area contributed by atoms with E-state index < -0.39 is 0 Å². The fourth-order valence-electron chi connectivity index (χ4n) is 4.00. The van der Waals surface area contributed by atoms with Crippen LogP contribution < -0.4 is 10.6 Å². The van der Waals surface area contributed by atoms with Crippen LogP contribution in [0.2, 0.25) is 0 Å². The van der Waals surface area contributed by atoms with Gasteiger partial charge in [-0.3, -0.25) is 0 Å². The van der Waals surface area contributed by atoms with Gasteiger partial charge in [0.1, 0.15) is 0 Å². The molecule has 1 aromatic carbocycles. The summed E-state index contributed by atoms with van der Waals surface area (Å²) in [6.45, 7) is 3.55. The molecule has 0 radical (unpaired) electrons. The molecule has 2 atom stereocenters. The van der Waals surface area contributed by atoms with E-state index >= 15 is 0 Å². The van der Waals surface area contributed by atoms with Gasteiger partial charge in [-0.2, -0.15) is 0 Å². The lowest BCUT2D eigenvalue weighted by atomic mass is 9.89. The van der Waals surface area contributed by atoms with Gasteiger partial charge in [0.05, 0.1) is 12.2 Å². The van der Waals surface area contributed by atoms with Gasteiger partial charge in [0, 0.05) is 49.2 Å². The third kappa shape index (κ3) is 1.90. The Morgan fingerprint density at radius 3 is 3.10 bits per heavy atom. The summed E-state index contributed by atoms with van der Waals surface area (Å²) >= 11 is 0. The second-order valence-corrected chi connectivity index (χ2v) is 6.27. The summed E-state index contributed by atoms with van der Waals surface area (Å²) in [5.74, 6) is 0. The third-order valence-corrected chi connectivity index (χ3v) is 5.07. The van der Waals surface area contributed by atoms with Gasteiger partial charge in [0.15, 0.2) is 0 Å². The smallest absolute Gasteiger partial charge is 0.0956 e. The Bertz CT molecular complexity index is 511. The van der Waals surface area contributed by atoms with Gasteiger partial charge in [0.2, 0.25) is 0 Å². The van der Waals surface area contributed by atoms with Crippen molar-refractivity contribution in [3.05, 3.63) is 23.8 Å². The number of anilines is 2. The average molecular weight is 274 g/mol. The van der Waals surface area contributed by atoms with E-state index in [0.29, 0.717) is 6.04 Å². The van der Waals surface area contributed by atoms with Gasteiger partial charge in [-0.25, -0.2) is 0 Å². The summed E-state index contributed by atoms with van der Waals surface area (Å²) in [4.78, 5) is 2.55. The highest BCUT2D eigenvalue weighted by Gasteiger charge is 2.43. The molecule has 1 aromatic rings. The molecule has 4 heteroatoms. The van der Waals surface area contributed by atoms with E-state index in [9.17, 15) is 0 Å². The highest BCUT2D eigenvalue weighted by Crippen LogP contribution is 2.40. The van der Waals surface area contributed by atoms with Crippen molar-refractivity contribution >= 4 is 11.4 Å². The summed E-state index contributed by atoms with van der Waals surface area (Å²) < 4.78 is 11.6. The molecular weight excluding hydrogens is 252 g/mol. The zero-order chi connectivity index (χ0) is 13.6. The minimum absolute atomic E-state index is 0.0218. The summed E-state index contributed by atoms with van der Waals surface area (Å²) in [6, 6.07) is 6.86. The molecule has 0 saturated carbocycles. The second-order valence-electron chi connectivity index (χ2n) is 6.27. The van der Waals surface area contributed by atoms with Crippen LogP contribution in [0.1, 0.15) is 24.8 Å². The van der Waals surface area contributed by atoms with Crippen molar-refractivity contribution in [1.82, 2.24) is 0 Å². The predicted octanol–water partition coefficient (Wildman–Crippen LogP) is 1.97. The molecule has 4 nitrogen and oxygen atoms in total. The van der Waals surface area contributed by atoms with Crippen molar-refractivity contribution in [2.45, 2.75) is 37.3 Å². The Morgan fingerprint density at radius 2 is 2.25 bits per heavy atom. The number of hydrogen-bond acceptors (Lipinski definition) is 4. The van der Waals surface area contributed by atoms with Crippen LogP contribution >= 0.6 is 0 Å². The SMILES string of the molecule is Nc1cccc2c1CCN2C1CCOC2(CCOC2)C1. The molecule has 3 aliphatic heterocycles. The molecule has 3 heterocycles. The van der Waals surface area contributed by atoms with Crippen LogP contribution in [0.15, 0.2) is 18.2 Å². The van der Waals surface area contributed by atoms with Crippen molar-refractivity contribution in [3.8, 4) is 0 Å². The van der Waals surface area contributed by atoms with E-state index in [0.717, 1.165) is 57.7 Å². The van der Waals surface area contributed by atoms with Crippen molar-refractivity contribution < 1.29 is 9.47 Å². The monoisotopic (exact) mass is 274 g/mol. The van der Waals surface area contributed by atoms with Gasteiger partial charge >= 0.3 is 0 Å². The molecule has 0 aromatic heterocycles. The summed E-state index contributed by atoms with van der Waals surface area (Å²) in [7, 11) is 0. The molecule has 3 aliphatic rings. The van der Waals surface area contributed by atoms with Gasteiger partial charge < -0.3 is 20.1 Å². The maximum absolute atomic E-state index is 6.11. The van der Waals surface area contributed by atoms with E-state index in [1.165, 1.54) is 11.3 Å². The number of hydrogen-bond donors (Lipinski definition) is 1. The zero-order valence-electron chi connectivity index (χ0n) is 11.8. The first-order valence-corrected chi connectivity index (χ1v) is 7.63. The quantitative estimate of drug-likeness (QED) is 0.795. The van der Waals surface area contributed by atoms with Gasteiger partial charge in [-0.1, -0.05) is 6.07 Å². The molecule has 0 amide bonds. The number of fused-ring (bicyclic) bond motifs is 1. The predicted molar refractivity (Wildman–Crippen MR) is 79.0 cm³/mol. The minimum Gasteiger partial charge on any atom is -0.398 e. The fourth-order valence-corrected chi connectivity index (χ4v) is 4.00. The number of rotatable bonds is 1. The molecule has 2 fully saturated rings. The van der Waals surface area contributed by atoms with Crippen molar-refractivity contribution in [3.63, 3.8) is 0 Å². The molecule has 20 heavy (non-hydrogen) atoms. The van der Waals surface area contributed by atoms with Crippen molar-refractivity contribution in [2.75, 3.05) is 37.0 Å². The molecule has 108 valence electrons. The summed E-state index contributed by atoms with van der Waals surface area (Å²) in [6.07, 6.45) is 4.31. The molecule has 4 rings (SSSR count). The van der Waals surface area contributed by atoms with Crippen LogP contribution in [-0.4, -0.2) is 38.0 Å². The van der Waals surface area contributed by atoms with E-state index in [-0.39, 0.29) is 5.60 Å². The molecule has 2 saturated heterocycles. The lowest BCUT2D eigenvalue weighted by molar-refractivity contribution is -0.0857. The van der Waals surface area contributed by atoms with Crippen LogP contribution in [0.3, 0.4) is 0 Å². The first-order valence-electron chi connectivity index (χ1n) is 7.63. The molecular formula is C16H22N2O2. The Morgan fingerprint density at radius 1 is 1.30 bits per heavy atom. The van der Waals surface area contributed by atoms with Crippen molar-refractivity contribution in [2.24, 2.45) is 0 Å². The van der Waals surface area contributed by atoms with Crippen LogP contribution in [0, 0.1) is 0 Å². The second kappa shape index (κ2) is 4.64. The number of ether oxygens (including phenoxy) is 2. The molecule has 2 unspecified atom stereocenters. The largest absolute Gasteiger partial charge is 0.398 e. The number of nitrogens with zero attached hydrogens (tertiary/aromatic N) is 1. The zero-order valence-corrected chi connectivity index (χ0v) is 11.8. The van der Waals surface area contributed by atoms with E-state index in [1.54, 1.807) is 0 Å². The van der Waals surface area contributed by atoms with E-state index in [1.807, 2.05) is 6.07 Å². The lowest BCUT2D eigenvalue weighted by Gasteiger charge is -2.42. The first kappa shape index (κ1) is 12.5. The fraction of sp³-hybridized carbons (Fsp3) is 0.625. The third-order valence-electron chi connectivity index (χ3n) is 5.07. The Balaban J connectivity index is 1.59. The summed E-state index contributed by atoms with van der Waals surface area (Å²) in [5, 5.41) is 0. The molecule has 0 bridgehead atoms. The van der Waals surface area contributed by atoms with Crippen LogP contribution in [-0.2, 0) is 15.9 Å². The minimum atomic E-state index is -0.0218. The maximum Gasteiger partial charge on any atom is 0.0956 e. The lowest BCUT2D eigenvalue weighted by Crippen LogP contribution is -2.49. The maximum atomic E-state index is 6.11. The Labute approximate surface area is 119 Å². The topological polar surface area (TPSA) is 47.7 Å². The van der Waals surface area contributed by atoms with Gasteiger partial charge in [0.25, 0.3) is 0 Å². The van der Waals surface area contributed by atoms with Crippen molar-refractivity contribution in [1.29, 1.82) is 0 Å². The molecule has 0 aliphatic carbocycles. The summed E-state index contributed by atoms with van der Waals surface area (Å²) in [5.41, 5.74) is 9.70. The Kier molecular flexibility index (Phi) is 2.89. The standard InChI is InChI=1S/C16H22N2O2/c17-14-2-1-3-15-13(14)4-7-18(15)12-5-8-20-16(10-12)6-9-19-11-16/h1-3,12H,4-11,17H2. The average Bonchev–Trinajstić information content (AvgIpc) is 3.07.